The molecule has 0 aliphatic carbocycles. The number of benzene rings is 8. The fourth-order valence-corrected chi connectivity index (χ4v) is 6.65. The minimum atomic E-state index is 0.784. The number of anilines is 5. The Bertz CT molecular complexity index is 2400. The third kappa shape index (κ3) is 6.58. The zero-order valence-corrected chi connectivity index (χ0v) is 27.7. The number of para-hydroxylation sites is 2. The van der Waals surface area contributed by atoms with E-state index in [1.54, 1.807) is 0 Å². The van der Waals surface area contributed by atoms with Crippen LogP contribution in [0.2, 0.25) is 0 Å². The summed E-state index contributed by atoms with van der Waals surface area (Å²) in [5.41, 5.74) is 21.0. The van der Waals surface area contributed by atoms with Crippen LogP contribution in [-0.4, -0.2) is 0 Å². The zero-order chi connectivity index (χ0) is 33.7. The van der Waals surface area contributed by atoms with E-state index in [9.17, 15) is 0 Å². The molecule has 0 heterocycles. The van der Waals surface area contributed by atoms with Gasteiger partial charge in [0.2, 0.25) is 0 Å². The van der Waals surface area contributed by atoms with Gasteiger partial charge in [0.1, 0.15) is 0 Å². The van der Waals surface area contributed by atoms with Crippen LogP contribution in [0, 0.1) is 0 Å². The Morgan fingerprint density at radius 1 is 0.400 bits per heavy atom. The van der Waals surface area contributed by atoms with Gasteiger partial charge in [-0.3, -0.25) is 0 Å². The molecule has 0 saturated carbocycles. The number of nitrogens with one attached hydrogen (secondary N) is 2. The maximum absolute atomic E-state index is 6.58. The first kappa shape index (κ1) is 30.7. The Labute approximate surface area is 293 Å². The second-order valence-electron chi connectivity index (χ2n) is 12.6. The van der Waals surface area contributed by atoms with Gasteiger partial charge >= 0.3 is 0 Å². The van der Waals surface area contributed by atoms with E-state index in [-0.39, 0.29) is 0 Å². The number of rotatable bonds is 9. The van der Waals surface area contributed by atoms with E-state index < -0.39 is 0 Å². The van der Waals surface area contributed by atoms with Crippen molar-refractivity contribution in [1.82, 2.24) is 0 Å². The first-order valence-corrected chi connectivity index (χ1v) is 17.0. The van der Waals surface area contributed by atoms with Gasteiger partial charge in [-0.05, 0) is 93.7 Å². The fraction of sp³-hybridized carbons (Fsp3) is 0.0213. The van der Waals surface area contributed by atoms with Crippen molar-refractivity contribution < 1.29 is 0 Å². The summed E-state index contributed by atoms with van der Waals surface area (Å²) in [5, 5.41) is 9.59. The van der Waals surface area contributed by atoms with E-state index in [2.05, 4.69) is 168 Å². The number of nitrogens with two attached hydrogens (primary N) is 1. The zero-order valence-electron chi connectivity index (χ0n) is 27.7. The minimum Gasteiger partial charge on any atom is -0.398 e. The lowest BCUT2D eigenvalue weighted by atomic mass is 9.94. The van der Waals surface area contributed by atoms with E-state index >= 15 is 0 Å². The topological polar surface area (TPSA) is 50.1 Å². The van der Waals surface area contributed by atoms with E-state index in [0.717, 1.165) is 79.2 Å². The van der Waals surface area contributed by atoms with Gasteiger partial charge in [-0.25, -0.2) is 0 Å². The first-order valence-electron chi connectivity index (χ1n) is 17.0. The van der Waals surface area contributed by atoms with E-state index in [1.807, 2.05) is 30.3 Å². The first-order chi connectivity index (χ1) is 24.7. The summed E-state index contributed by atoms with van der Waals surface area (Å²) in [4.78, 5) is 0. The smallest absolute Gasteiger partial charge is 0.0464 e. The third-order valence-electron chi connectivity index (χ3n) is 9.28. The van der Waals surface area contributed by atoms with Crippen molar-refractivity contribution in [3.63, 3.8) is 0 Å². The normalized spacial score (nSPS) is 11.0. The summed E-state index contributed by atoms with van der Waals surface area (Å²) in [6.07, 6.45) is 0.784. The third-order valence-corrected chi connectivity index (χ3v) is 9.28. The largest absolute Gasteiger partial charge is 0.398 e. The van der Waals surface area contributed by atoms with Gasteiger partial charge in [0.05, 0.1) is 0 Å². The standard InChI is InChI=1S/C47H37N3/c48-47-39(25-24-35-14-7-8-20-43(35)47)30-33-22-27-41(28-23-33)50-46-29-26-37(32-44(46)34-12-3-1-4-13-34)36-15-11-16-38(31-36)42-19-9-10-21-45(42)49-40-17-5-2-6-18-40/h1-29,31-32,49-50H,30,48H2. The molecule has 0 spiro atoms. The van der Waals surface area contributed by atoms with Crippen LogP contribution in [0.25, 0.3) is 44.2 Å². The molecule has 240 valence electrons. The summed E-state index contributed by atoms with van der Waals surface area (Å²) < 4.78 is 0. The highest BCUT2D eigenvalue weighted by molar-refractivity contribution is 5.94. The van der Waals surface area contributed by atoms with Crippen LogP contribution in [0.5, 0.6) is 0 Å². The van der Waals surface area contributed by atoms with Crippen LogP contribution in [-0.2, 0) is 6.42 Å². The number of hydrogen-bond donors (Lipinski definition) is 3. The van der Waals surface area contributed by atoms with Crippen LogP contribution in [0.1, 0.15) is 11.1 Å². The lowest BCUT2D eigenvalue weighted by Crippen LogP contribution is -1.98. The van der Waals surface area contributed by atoms with Crippen LogP contribution in [0.4, 0.5) is 28.4 Å². The molecule has 0 aliphatic heterocycles. The lowest BCUT2D eigenvalue weighted by Gasteiger charge is -2.16. The molecular weight excluding hydrogens is 607 g/mol. The van der Waals surface area contributed by atoms with Crippen molar-refractivity contribution in [2.75, 3.05) is 16.4 Å². The van der Waals surface area contributed by atoms with Gasteiger partial charge in [0.25, 0.3) is 0 Å². The van der Waals surface area contributed by atoms with Crippen molar-refractivity contribution >= 4 is 39.2 Å². The Morgan fingerprint density at radius 2 is 1.02 bits per heavy atom. The predicted molar refractivity (Wildman–Crippen MR) is 213 cm³/mol. The summed E-state index contributed by atoms with van der Waals surface area (Å²) in [6, 6.07) is 66.1. The molecule has 3 heteroatoms. The van der Waals surface area contributed by atoms with E-state index in [4.69, 9.17) is 5.73 Å². The number of hydrogen-bond acceptors (Lipinski definition) is 3. The van der Waals surface area contributed by atoms with Crippen LogP contribution >= 0.6 is 0 Å². The highest BCUT2D eigenvalue weighted by atomic mass is 14.9. The average Bonchev–Trinajstić information content (AvgIpc) is 3.18. The van der Waals surface area contributed by atoms with Gasteiger partial charge in [0.15, 0.2) is 0 Å². The Hall–Kier alpha value is -6.58. The molecule has 50 heavy (non-hydrogen) atoms. The molecule has 0 unspecified atom stereocenters. The summed E-state index contributed by atoms with van der Waals surface area (Å²) in [6.45, 7) is 0. The number of nitrogen functional groups attached to an aromatic ring is 1. The molecule has 0 bridgehead atoms. The molecule has 3 nitrogen and oxygen atoms in total. The van der Waals surface area contributed by atoms with Crippen LogP contribution < -0.4 is 16.4 Å². The van der Waals surface area contributed by atoms with Gasteiger partial charge < -0.3 is 16.4 Å². The minimum absolute atomic E-state index is 0.784. The van der Waals surface area contributed by atoms with Crippen molar-refractivity contribution in [2.24, 2.45) is 0 Å². The predicted octanol–water partition coefficient (Wildman–Crippen LogP) is 12.5. The molecule has 0 amide bonds. The molecule has 8 aromatic carbocycles. The monoisotopic (exact) mass is 643 g/mol. The highest BCUT2D eigenvalue weighted by Crippen LogP contribution is 2.37. The Kier molecular flexibility index (Phi) is 8.53. The highest BCUT2D eigenvalue weighted by Gasteiger charge is 2.12. The Morgan fingerprint density at radius 3 is 1.84 bits per heavy atom. The second kappa shape index (κ2) is 13.9. The van der Waals surface area contributed by atoms with Crippen LogP contribution in [0.3, 0.4) is 0 Å². The van der Waals surface area contributed by atoms with E-state index in [1.165, 1.54) is 10.9 Å². The molecule has 0 radical (unpaired) electrons. The second-order valence-corrected chi connectivity index (χ2v) is 12.6. The molecule has 8 rings (SSSR count). The lowest BCUT2D eigenvalue weighted by molar-refractivity contribution is 1.20. The molecular formula is C47H37N3. The molecule has 4 N–H and O–H groups in total. The fourth-order valence-electron chi connectivity index (χ4n) is 6.65. The average molecular weight is 644 g/mol. The molecule has 0 aliphatic rings. The SMILES string of the molecule is Nc1c(Cc2ccc(Nc3ccc(-c4cccc(-c5ccccc5Nc5ccccc5)c4)cc3-c3ccccc3)cc2)ccc2ccccc12. The van der Waals surface area contributed by atoms with Gasteiger partial charge in [-0.1, -0.05) is 140 Å². The van der Waals surface area contributed by atoms with Gasteiger partial charge in [-0.2, -0.15) is 0 Å². The summed E-state index contributed by atoms with van der Waals surface area (Å²) in [5.74, 6) is 0. The summed E-state index contributed by atoms with van der Waals surface area (Å²) >= 11 is 0. The van der Waals surface area contributed by atoms with Crippen molar-refractivity contribution in [1.29, 1.82) is 0 Å². The molecule has 0 saturated heterocycles. The van der Waals surface area contributed by atoms with Gasteiger partial charge in [-0.15, -0.1) is 0 Å². The molecule has 0 fully saturated rings. The maximum atomic E-state index is 6.58. The summed E-state index contributed by atoms with van der Waals surface area (Å²) in [7, 11) is 0. The number of fused-ring (bicyclic) bond motifs is 1. The van der Waals surface area contributed by atoms with Crippen LogP contribution in [0.15, 0.2) is 188 Å². The van der Waals surface area contributed by atoms with Crippen molar-refractivity contribution in [3.05, 3.63) is 199 Å². The molecule has 0 aromatic heterocycles. The van der Waals surface area contributed by atoms with Crippen molar-refractivity contribution in [3.8, 4) is 33.4 Å². The van der Waals surface area contributed by atoms with E-state index in [0.29, 0.717) is 0 Å². The quantitative estimate of drug-likeness (QED) is 0.137. The molecule has 0 atom stereocenters. The maximum Gasteiger partial charge on any atom is 0.0464 e. The van der Waals surface area contributed by atoms with Gasteiger partial charge in [0, 0.05) is 45.0 Å². The Balaban J connectivity index is 1.07. The van der Waals surface area contributed by atoms with Crippen molar-refractivity contribution in [2.45, 2.75) is 6.42 Å². The molecule has 8 aromatic rings.